The van der Waals surface area contributed by atoms with Crippen molar-refractivity contribution in [2.24, 2.45) is 5.92 Å². The molecule has 1 rings (SSSR count). The van der Waals surface area contributed by atoms with Crippen LogP contribution in [-0.4, -0.2) is 11.1 Å². The summed E-state index contributed by atoms with van der Waals surface area (Å²) in [5, 5.41) is 3.67. The molecule has 0 bridgehead atoms. The molecule has 66 valence electrons. The summed E-state index contributed by atoms with van der Waals surface area (Å²) in [5.41, 5.74) is 0.697. The van der Waals surface area contributed by atoms with E-state index in [1.807, 2.05) is 0 Å². The van der Waals surface area contributed by atoms with Gasteiger partial charge in [-0.2, -0.15) is 0 Å². The van der Waals surface area contributed by atoms with E-state index in [9.17, 15) is 0 Å². The van der Waals surface area contributed by atoms with Crippen LogP contribution in [0.25, 0.3) is 0 Å². The van der Waals surface area contributed by atoms with Gasteiger partial charge in [-0.25, -0.2) is 0 Å². The van der Waals surface area contributed by atoms with E-state index < -0.39 is 0 Å². The van der Waals surface area contributed by atoms with E-state index in [1.54, 1.807) is 0 Å². The first-order chi connectivity index (χ1) is 4.87. The minimum atomic E-state index is 0.345. The topological polar surface area (TPSA) is 12.0 Å². The normalized spacial score (nSPS) is 34.1. The van der Waals surface area contributed by atoms with Gasteiger partial charge >= 0.3 is 0 Å². The number of hydrogen-bond acceptors (Lipinski definition) is 1. The first-order valence-electron chi connectivity index (χ1n) is 4.67. The van der Waals surface area contributed by atoms with Crippen molar-refractivity contribution in [3.8, 4) is 0 Å². The highest BCUT2D eigenvalue weighted by molar-refractivity contribution is 5.02. The summed E-state index contributed by atoms with van der Waals surface area (Å²) in [6.07, 6.45) is 2.61. The summed E-state index contributed by atoms with van der Waals surface area (Å²) in [4.78, 5) is 0. The van der Waals surface area contributed by atoms with Crippen LogP contribution in [0, 0.1) is 5.92 Å². The maximum Gasteiger partial charge on any atom is 0.0158 e. The summed E-state index contributed by atoms with van der Waals surface area (Å²) < 4.78 is 0. The van der Waals surface area contributed by atoms with E-state index >= 15 is 0 Å². The minimum absolute atomic E-state index is 0.345. The average molecular weight is 155 g/mol. The van der Waals surface area contributed by atoms with Gasteiger partial charge in [-0.1, -0.05) is 13.3 Å². The third-order valence-corrected chi connectivity index (χ3v) is 2.93. The summed E-state index contributed by atoms with van der Waals surface area (Å²) in [6.45, 7) is 11.5. The molecule has 1 unspecified atom stereocenters. The SMILES string of the molecule is CCC1CC(C)(C)NC1(C)C. The van der Waals surface area contributed by atoms with Gasteiger partial charge in [-0.15, -0.1) is 0 Å². The lowest BCUT2D eigenvalue weighted by Crippen LogP contribution is -2.45. The molecule has 0 aromatic rings. The van der Waals surface area contributed by atoms with Crippen LogP contribution in [0.5, 0.6) is 0 Å². The smallest absolute Gasteiger partial charge is 0.0158 e. The minimum Gasteiger partial charge on any atom is -0.307 e. The van der Waals surface area contributed by atoms with Crippen LogP contribution < -0.4 is 5.32 Å². The molecule has 0 radical (unpaired) electrons. The van der Waals surface area contributed by atoms with Gasteiger partial charge in [-0.05, 0) is 40.0 Å². The monoisotopic (exact) mass is 155 g/mol. The van der Waals surface area contributed by atoms with Gasteiger partial charge in [0.15, 0.2) is 0 Å². The van der Waals surface area contributed by atoms with Crippen molar-refractivity contribution >= 4 is 0 Å². The molecule has 1 heteroatoms. The Balaban J connectivity index is 2.71. The maximum atomic E-state index is 3.67. The van der Waals surface area contributed by atoms with Gasteiger partial charge in [0.1, 0.15) is 0 Å². The highest BCUT2D eigenvalue weighted by Crippen LogP contribution is 2.37. The molecule has 1 nitrogen and oxygen atoms in total. The zero-order chi connectivity index (χ0) is 8.70. The van der Waals surface area contributed by atoms with Gasteiger partial charge < -0.3 is 5.32 Å². The number of hydrogen-bond donors (Lipinski definition) is 1. The Kier molecular flexibility index (Phi) is 2.04. The lowest BCUT2D eigenvalue weighted by Gasteiger charge is -2.27. The van der Waals surface area contributed by atoms with Gasteiger partial charge in [-0.3, -0.25) is 0 Å². The van der Waals surface area contributed by atoms with Crippen molar-refractivity contribution < 1.29 is 0 Å². The van der Waals surface area contributed by atoms with E-state index in [4.69, 9.17) is 0 Å². The van der Waals surface area contributed by atoms with Crippen LogP contribution in [0.3, 0.4) is 0 Å². The Morgan fingerprint density at radius 1 is 1.27 bits per heavy atom. The second kappa shape index (κ2) is 2.48. The van der Waals surface area contributed by atoms with Gasteiger partial charge in [0.25, 0.3) is 0 Å². The Labute approximate surface area is 70.6 Å². The fraction of sp³-hybridized carbons (Fsp3) is 1.00. The van der Waals surface area contributed by atoms with Crippen molar-refractivity contribution in [1.82, 2.24) is 5.32 Å². The molecular formula is C10H21N. The molecule has 0 aliphatic carbocycles. The van der Waals surface area contributed by atoms with E-state index in [1.165, 1.54) is 12.8 Å². The third kappa shape index (κ3) is 1.76. The summed E-state index contributed by atoms with van der Waals surface area (Å²) in [6, 6.07) is 0. The zero-order valence-corrected chi connectivity index (χ0v) is 8.49. The molecule has 0 amide bonds. The lowest BCUT2D eigenvalue weighted by atomic mass is 9.85. The van der Waals surface area contributed by atoms with E-state index in [0.717, 1.165) is 5.92 Å². The van der Waals surface area contributed by atoms with Crippen LogP contribution in [0.1, 0.15) is 47.5 Å². The van der Waals surface area contributed by atoms with Gasteiger partial charge in [0.05, 0.1) is 0 Å². The molecule has 1 aliphatic rings. The number of rotatable bonds is 1. The average Bonchev–Trinajstić information content (AvgIpc) is 1.99. The zero-order valence-electron chi connectivity index (χ0n) is 8.49. The first kappa shape index (κ1) is 9.05. The fourth-order valence-electron chi connectivity index (χ4n) is 2.55. The van der Waals surface area contributed by atoms with Crippen LogP contribution in [-0.2, 0) is 0 Å². The molecule has 0 aromatic heterocycles. The molecule has 0 spiro atoms. The molecule has 1 heterocycles. The largest absolute Gasteiger partial charge is 0.307 e. The van der Waals surface area contributed by atoms with Crippen LogP contribution in [0.15, 0.2) is 0 Å². The highest BCUT2D eigenvalue weighted by Gasteiger charge is 2.42. The molecule has 1 fully saturated rings. The molecule has 1 aliphatic heterocycles. The molecule has 11 heavy (non-hydrogen) atoms. The maximum absolute atomic E-state index is 3.67. The molecule has 1 atom stereocenters. The third-order valence-electron chi connectivity index (χ3n) is 2.93. The summed E-state index contributed by atoms with van der Waals surface area (Å²) >= 11 is 0. The van der Waals surface area contributed by atoms with Crippen molar-refractivity contribution in [1.29, 1.82) is 0 Å². The Morgan fingerprint density at radius 2 is 1.82 bits per heavy atom. The van der Waals surface area contributed by atoms with Crippen molar-refractivity contribution in [2.45, 2.75) is 58.5 Å². The van der Waals surface area contributed by atoms with E-state index in [0.29, 0.717) is 11.1 Å². The second-order valence-corrected chi connectivity index (χ2v) is 5.04. The van der Waals surface area contributed by atoms with Crippen molar-refractivity contribution in [3.05, 3.63) is 0 Å². The van der Waals surface area contributed by atoms with E-state index in [-0.39, 0.29) is 0 Å². The molecule has 0 saturated carbocycles. The predicted octanol–water partition coefficient (Wildman–Crippen LogP) is 2.56. The summed E-state index contributed by atoms with van der Waals surface area (Å²) in [5.74, 6) is 0.845. The Bertz CT molecular complexity index is 147. The van der Waals surface area contributed by atoms with Gasteiger partial charge in [0, 0.05) is 11.1 Å². The highest BCUT2D eigenvalue weighted by atomic mass is 15.1. The molecular weight excluding hydrogens is 134 g/mol. The lowest BCUT2D eigenvalue weighted by molar-refractivity contribution is 0.316. The van der Waals surface area contributed by atoms with Crippen LogP contribution in [0.4, 0.5) is 0 Å². The van der Waals surface area contributed by atoms with Crippen molar-refractivity contribution in [3.63, 3.8) is 0 Å². The first-order valence-corrected chi connectivity index (χ1v) is 4.67. The summed E-state index contributed by atoms with van der Waals surface area (Å²) in [7, 11) is 0. The molecule has 0 aromatic carbocycles. The molecule has 1 N–H and O–H groups in total. The fourth-order valence-corrected chi connectivity index (χ4v) is 2.55. The predicted molar refractivity (Wildman–Crippen MR) is 49.7 cm³/mol. The van der Waals surface area contributed by atoms with Gasteiger partial charge in [0.2, 0.25) is 0 Å². The quantitative estimate of drug-likeness (QED) is 0.613. The van der Waals surface area contributed by atoms with Crippen LogP contribution in [0.2, 0.25) is 0 Å². The Hall–Kier alpha value is -0.0400. The second-order valence-electron chi connectivity index (χ2n) is 5.04. The van der Waals surface area contributed by atoms with Crippen molar-refractivity contribution in [2.75, 3.05) is 0 Å². The molecule has 1 saturated heterocycles. The Morgan fingerprint density at radius 3 is 2.00 bits per heavy atom. The van der Waals surface area contributed by atoms with Crippen LogP contribution >= 0.6 is 0 Å². The number of nitrogens with one attached hydrogen (secondary N) is 1. The standard InChI is InChI=1S/C10H21N/c1-6-8-7-9(2,3)11-10(8,4)5/h8,11H,6-7H2,1-5H3. The van der Waals surface area contributed by atoms with E-state index in [2.05, 4.69) is 39.9 Å².